The molecule has 1 amide bonds. The van der Waals surface area contributed by atoms with E-state index in [2.05, 4.69) is 9.88 Å². The van der Waals surface area contributed by atoms with Crippen LogP contribution in [0.5, 0.6) is 0 Å². The second kappa shape index (κ2) is 6.62. The molecule has 0 aliphatic carbocycles. The molecular formula is C13H19N3O3S. The minimum absolute atomic E-state index is 0.0994. The summed E-state index contributed by atoms with van der Waals surface area (Å²) in [7, 11) is 0. The largest absolute Gasteiger partial charge is 0.378 e. The Bertz CT molecular complexity index is 434. The molecule has 0 aromatic carbocycles. The molecule has 2 aliphatic rings. The predicted octanol–water partition coefficient (Wildman–Crippen LogP) is 0.203. The Morgan fingerprint density at radius 1 is 1.35 bits per heavy atom. The molecule has 2 fully saturated rings. The SMILES string of the molecule is O=C(C1CN(Cc2cncs2)CCO1)N1CCOCC1. The Morgan fingerprint density at radius 2 is 2.20 bits per heavy atom. The third-order valence-corrected chi connectivity index (χ3v) is 4.38. The first-order valence-electron chi connectivity index (χ1n) is 6.91. The van der Waals surface area contributed by atoms with Gasteiger partial charge in [-0.25, -0.2) is 0 Å². The minimum atomic E-state index is -0.338. The molecule has 20 heavy (non-hydrogen) atoms. The van der Waals surface area contributed by atoms with Crippen LogP contribution in [0.25, 0.3) is 0 Å². The Balaban J connectivity index is 1.55. The molecule has 1 unspecified atom stereocenters. The molecule has 1 aromatic rings. The van der Waals surface area contributed by atoms with E-state index in [9.17, 15) is 4.79 Å². The van der Waals surface area contributed by atoms with E-state index < -0.39 is 0 Å². The van der Waals surface area contributed by atoms with Crippen molar-refractivity contribution in [2.24, 2.45) is 0 Å². The summed E-state index contributed by atoms with van der Waals surface area (Å²) in [6.45, 7) is 5.59. The van der Waals surface area contributed by atoms with E-state index in [4.69, 9.17) is 9.47 Å². The van der Waals surface area contributed by atoms with Crippen molar-refractivity contribution in [3.8, 4) is 0 Å². The lowest BCUT2D eigenvalue weighted by atomic mass is 10.2. The highest BCUT2D eigenvalue weighted by Crippen LogP contribution is 2.15. The first-order valence-corrected chi connectivity index (χ1v) is 7.79. The summed E-state index contributed by atoms with van der Waals surface area (Å²) in [5.74, 6) is 0.0994. The summed E-state index contributed by atoms with van der Waals surface area (Å²) >= 11 is 1.65. The maximum atomic E-state index is 12.4. The number of nitrogens with zero attached hydrogens (tertiary/aromatic N) is 3. The number of ether oxygens (including phenoxy) is 2. The summed E-state index contributed by atoms with van der Waals surface area (Å²) in [4.78, 5) is 21.8. The summed E-state index contributed by atoms with van der Waals surface area (Å²) < 4.78 is 10.9. The molecule has 1 atom stereocenters. The maximum Gasteiger partial charge on any atom is 0.253 e. The Hall–Kier alpha value is -1.02. The molecule has 0 spiro atoms. The van der Waals surface area contributed by atoms with Crippen LogP contribution in [0.3, 0.4) is 0 Å². The van der Waals surface area contributed by atoms with E-state index >= 15 is 0 Å². The standard InChI is InChI=1S/C13H19N3O3S/c17-13(16-2-4-18-5-3-16)12-9-15(1-6-19-12)8-11-7-14-10-20-11/h7,10,12H,1-6,8-9H2. The quantitative estimate of drug-likeness (QED) is 0.798. The molecule has 7 heteroatoms. The van der Waals surface area contributed by atoms with Gasteiger partial charge in [0, 0.05) is 43.8 Å². The van der Waals surface area contributed by atoms with E-state index in [1.165, 1.54) is 4.88 Å². The lowest BCUT2D eigenvalue weighted by Crippen LogP contribution is -2.53. The van der Waals surface area contributed by atoms with Crippen LogP contribution in [-0.2, 0) is 20.8 Å². The molecule has 0 bridgehead atoms. The molecule has 0 saturated carbocycles. The number of amides is 1. The lowest BCUT2D eigenvalue weighted by Gasteiger charge is -2.35. The summed E-state index contributed by atoms with van der Waals surface area (Å²) in [5.41, 5.74) is 1.84. The maximum absolute atomic E-state index is 12.4. The van der Waals surface area contributed by atoms with Crippen LogP contribution in [0.2, 0.25) is 0 Å². The molecule has 0 radical (unpaired) electrons. The first kappa shape index (κ1) is 13.9. The third-order valence-electron chi connectivity index (χ3n) is 3.61. The normalized spacial score (nSPS) is 24.8. The van der Waals surface area contributed by atoms with Gasteiger partial charge in [-0.1, -0.05) is 0 Å². The fourth-order valence-corrected chi connectivity index (χ4v) is 3.16. The van der Waals surface area contributed by atoms with Gasteiger partial charge >= 0.3 is 0 Å². The highest BCUT2D eigenvalue weighted by Gasteiger charge is 2.31. The van der Waals surface area contributed by atoms with E-state index in [1.54, 1.807) is 11.3 Å². The van der Waals surface area contributed by atoms with Crippen molar-refractivity contribution >= 4 is 17.2 Å². The Labute approximate surface area is 122 Å². The number of morpholine rings is 2. The summed E-state index contributed by atoms with van der Waals surface area (Å²) in [5, 5.41) is 0. The second-order valence-electron chi connectivity index (χ2n) is 5.00. The highest BCUT2D eigenvalue weighted by atomic mass is 32.1. The van der Waals surface area contributed by atoms with Gasteiger partial charge in [0.05, 0.1) is 25.3 Å². The number of hydrogen-bond donors (Lipinski definition) is 0. The van der Waals surface area contributed by atoms with Crippen molar-refractivity contribution in [3.63, 3.8) is 0 Å². The van der Waals surface area contributed by atoms with Gasteiger partial charge in [0.15, 0.2) is 0 Å². The molecule has 3 rings (SSSR count). The highest BCUT2D eigenvalue weighted by molar-refractivity contribution is 7.09. The Kier molecular flexibility index (Phi) is 4.62. The average molecular weight is 297 g/mol. The molecule has 2 aliphatic heterocycles. The van der Waals surface area contributed by atoms with Crippen molar-refractivity contribution in [2.45, 2.75) is 12.6 Å². The number of hydrogen-bond acceptors (Lipinski definition) is 6. The molecule has 6 nitrogen and oxygen atoms in total. The predicted molar refractivity (Wildman–Crippen MR) is 74.5 cm³/mol. The zero-order chi connectivity index (χ0) is 13.8. The molecule has 1 aromatic heterocycles. The summed E-state index contributed by atoms with van der Waals surface area (Å²) in [6, 6.07) is 0. The van der Waals surface area contributed by atoms with Crippen LogP contribution in [-0.4, -0.2) is 72.8 Å². The number of thiazole rings is 1. The first-order chi connectivity index (χ1) is 9.83. The van der Waals surface area contributed by atoms with Gasteiger partial charge in [-0.2, -0.15) is 0 Å². The number of carbonyl (C=O) groups is 1. The van der Waals surface area contributed by atoms with Crippen LogP contribution in [0.1, 0.15) is 4.88 Å². The van der Waals surface area contributed by atoms with Crippen LogP contribution in [0.15, 0.2) is 11.7 Å². The summed E-state index contributed by atoms with van der Waals surface area (Å²) in [6.07, 6.45) is 1.55. The van der Waals surface area contributed by atoms with Crippen LogP contribution >= 0.6 is 11.3 Å². The van der Waals surface area contributed by atoms with Crippen LogP contribution < -0.4 is 0 Å². The smallest absolute Gasteiger partial charge is 0.253 e. The van der Waals surface area contributed by atoms with Crippen molar-refractivity contribution in [3.05, 3.63) is 16.6 Å². The van der Waals surface area contributed by atoms with Crippen molar-refractivity contribution in [1.82, 2.24) is 14.8 Å². The third kappa shape index (κ3) is 3.35. The van der Waals surface area contributed by atoms with Gasteiger partial charge in [0.1, 0.15) is 6.10 Å². The van der Waals surface area contributed by atoms with Gasteiger partial charge in [0.2, 0.25) is 0 Å². The van der Waals surface area contributed by atoms with Gasteiger partial charge in [-0.15, -0.1) is 11.3 Å². The van der Waals surface area contributed by atoms with E-state index in [0.717, 1.165) is 13.1 Å². The number of carbonyl (C=O) groups excluding carboxylic acids is 1. The molecule has 2 saturated heterocycles. The van der Waals surface area contributed by atoms with Gasteiger partial charge in [0.25, 0.3) is 5.91 Å². The zero-order valence-electron chi connectivity index (χ0n) is 11.4. The van der Waals surface area contributed by atoms with E-state index in [1.807, 2.05) is 16.6 Å². The van der Waals surface area contributed by atoms with E-state index in [0.29, 0.717) is 39.5 Å². The topological polar surface area (TPSA) is 54.9 Å². The van der Waals surface area contributed by atoms with Gasteiger partial charge in [-0.05, 0) is 0 Å². The minimum Gasteiger partial charge on any atom is -0.378 e. The molecule has 3 heterocycles. The Morgan fingerprint density at radius 3 is 2.95 bits per heavy atom. The fourth-order valence-electron chi connectivity index (χ4n) is 2.52. The molecule has 110 valence electrons. The average Bonchev–Trinajstić information content (AvgIpc) is 3.01. The molecule has 0 N–H and O–H groups in total. The van der Waals surface area contributed by atoms with Crippen molar-refractivity contribution in [2.75, 3.05) is 46.0 Å². The van der Waals surface area contributed by atoms with Gasteiger partial charge < -0.3 is 14.4 Å². The second-order valence-corrected chi connectivity index (χ2v) is 5.97. The fraction of sp³-hybridized carbons (Fsp3) is 0.692. The zero-order valence-corrected chi connectivity index (χ0v) is 12.2. The number of rotatable bonds is 3. The van der Waals surface area contributed by atoms with Crippen LogP contribution in [0, 0.1) is 0 Å². The lowest BCUT2D eigenvalue weighted by molar-refractivity contribution is -0.153. The van der Waals surface area contributed by atoms with Crippen molar-refractivity contribution in [1.29, 1.82) is 0 Å². The van der Waals surface area contributed by atoms with Crippen LogP contribution in [0.4, 0.5) is 0 Å². The molecular weight excluding hydrogens is 278 g/mol. The monoisotopic (exact) mass is 297 g/mol. The van der Waals surface area contributed by atoms with E-state index in [-0.39, 0.29) is 12.0 Å². The number of aromatic nitrogens is 1. The van der Waals surface area contributed by atoms with Crippen molar-refractivity contribution < 1.29 is 14.3 Å². The van der Waals surface area contributed by atoms with Gasteiger partial charge in [-0.3, -0.25) is 14.7 Å².